The molecule has 0 aliphatic rings. The van der Waals surface area contributed by atoms with Gasteiger partial charge in [0, 0.05) is 13.1 Å². The molecule has 1 atom stereocenters. The van der Waals surface area contributed by atoms with Crippen LogP contribution in [-0.2, 0) is 26.2 Å². The third-order valence-corrected chi connectivity index (χ3v) is 9.29. The lowest BCUT2D eigenvalue weighted by Crippen LogP contribution is -2.52. The molecule has 41 heavy (non-hydrogen) atoms. The lowest BCUT2D eigenvalue weighted by Gasteiger charge is -2.33. The van der Waals surface area contributed by atoms with E-state index in [0.29, 0.717) is 34.3 Å². The SMILES string of the molecule is CCCCNC(=O)C(CC)N(Cc1ccc(Cl)c(Cl)c1)C(=O)CN(c1ccc(C)cc1)S(=O)(=O)c1ccc(C)cc1. The maximum Gasteiger partial charge on any atom is 0.264 e. The van der Waals surface area contributed by atoms with E-state index < -0.39 is 28.5 Å². The van der Waals surface area contributed by atoms with Gasteiger partial charge in [0.1, 0.15) is 12.6 Å². The largest absolute Gasteiger partial charge is 0.354 e. The molecule has 3 aromatic carbocycles. The van der Waals surface area contributed by atoms with Gasteiger partial charge in [0.15, 0.2) is 0 Å². The Morgan fingerprint density at radius 2 is 1.49 bits per heavy atom. The minimum Gasteiger partial charge on any atom is -0.354 e. The van der Waals surface area contributed by atoms with Crippen LogP contribution >= 0.6 is 23.2 Å². The number of hydrogen-bond acceptors (Lipinski definition) is 4. The van der Waals surface area contributed by atoms with Crippen LogP contribution in [0.1, 0.15) is 49.8 Å². The lowest BCUT2D eigenvalue weighted by molar-refractivity contribution is -0.140. The molecule has 1 unspecified atom stereocenters. The molecule has 1 N–H and O–H groups in total. The number of benzene rings is 3. The molecule has 0 fully saturated rings. The average Bonchev–Trinajstić information content (AvgIpc) is 2.94. The Bertz CT molecular complexity index is 1450. The van der Waals surface area contributed by atoms with E-state index in [2.05, 4.69) is 5.32 Å². The van der Waals surface area contributed by atoms with Crippen molar-refractivity contribution in [3.05, 3.63) is 93.5 Å². The Kier molecular flexibility index (Phi) is 11.6. The van der Waals surface area contributed by atoms with Crippen molar-refractivity contribution < 1.29 is 18.0 Å². The second-order valence-electron chi connectivity index (χ2n) is 10.00. The van der Waals surface area contributed by atoms with Crippen LogP contribution in [-0.4, -0.2) is 44.3 Å². The molecule has 7 nitrogen and oxygen atoms in total. The number of anilines is 1. The van der Waals surface area contributed by atoms with Gasteiger partial charge in [0.25, 0.3) is 10.0 Å². The van der Waals surface area contributed by atoms with Crippen molar-refractivity contribution in [1.29, 1.82) is 0 Å². The van der Waals surface area contributed by atoms with Crippen molar-refractivity contribution in [3.8, 4) is 0 Å². The number of halogens is 2. The van der Waals surface area contributed by atoms with Gasteiger partial charge in [-0.2, -0.15) is 0 Å². The van der Waals surface area contributed by atoms with Crippen LogP contribution in [0, 0.1) is 13.8 Å². The molecule has 3 aromatic rings. The van der Waals surface area contributed by atoms with E-state index >= 15 is 0 Å². The Labute approximate surface area is 253 Å². The molecule has 220 valence electrons. The van der Waals surface area contributed by atoms with Crippen LogP contribution in [0.15, 0.2) is 71.6 Å². The molecule has 3 rings (SSSR count). The lowest BCUT2D eigenvalue weighted by atomic mass is 10.1. The second-order valence-corrected chi connectivity index (χ2v) is 12.7. The zero-order valence-electron chi connectivity index (χ0n) is 23.9. The molecule has 0 bridgehead atoms. The summed E-state index contributed by atoms with van der Waals surface area (Å²) in [7, 11) is -4.12. The number of nitrogens with zero attached hydrogens (tertiary/aromatic N) is 2. The molecule has 0 saturated heterocycles. The van der Waals surface area contributed by atoms with Gasteiger partial charge in [-0.15, -0.1) is 0 Å². The molecular formula is C31H37Cl2N3O4S. The fraction of sp³-hybridized carbons (Fsp3) is 0.355. The maximum absolute atomic E-state index is 14.1. The number of nitrogens with one attached hydrogen (secondary N) is 1. The van der Waals surface area contributed by atoms with Gasteiger partial charge in [0.2, 0.25) is 11.8 Å². The van der Waals surface area contributed by atoms with Crippen molar-refractivity contribution in [3.63, 3.8) is 0 Å². The molecule has 0 heterocycles. The van der Waals surface area contributed by atoms with Crippen molar-refractivity contribution in [1.82, 2.24) is 10.2 Å². The number of hydrogen-bond donors (Lipinski definition) is 1. The first-order valence-corrected chi connectivity index (χ1v) is 15.8. The van der Waals surface area contributed by atoms with Crippen molar-refractivity contribution in [2.75, 3.05) is 17.4 Å². The molecule has 0 aliphatic heterocycles. The van der Waals surface area contributed by atoms with E-state index in [1.165, 1.54) is 17.0 Å². The maximum atomic E-state index is 14.1. The summed E-state index contributed by atoms with van der Waals surface area (Å²) in [5, 5.41) is 3.60. The highest BCUT2D eigenvalue weighted by atomic mass is 35.5. The highest BCUT2D eigenvalue weighted by Crippen LogP contribution is 2.27. The summed E-state index contributed by atoms with van der Waals surface area (Å²) in [5.41, 5.74) is 2.87. The Hall–Kier alpha value is -3.07. The van der Waals surface area contributed by atoms with Crippen LogP contribution in [0.4, 0.5) is 5.69 Å². The molecule has 0 radical (unpaired) electrons. The Morgan fingerprint density at radius 3 is 2.05 bits per heavy atom. The summed E-state index contributed by atoms with van der Waals surface area (Å²) in [6.07, 6.45) is 2.05. The summed E-state index contributed by atoms with van der Waals surface area (Å²) in [5.74, 6) is -0.817. The average molecular weight is 619 g/mol. The fourth-order valence-corrected chi connectivity index (χ4v) is 6.07. The molecule has 0 spiro atoms. The van der Waals surface area contributed by atoms with E-state index in [-0.39, 0.29) is 17.3 Å². The van der Waals surface area contributed by atoms with Crippen molar-refractivity contribution in [2.24, 2.45) is 0 Å². The molecule has 2 amide bonds. The zero-order valence-corrected chi connectivity index (χ0v) is 26.2. The van der Waals surface area contributed by atoms with E-state index in [1.807, 2.05) is 27.7 Å². The van der Waals surface area contributed by atoms with E-state index in [9.17, 15) is 18.0 Å². The van der Waals surface area contributed by atoms with Gasteiger partial charge in [0.05, 0.1) is 20.6 Å². The third kappa shape index (κ3) is 8.47. The standard InChI is InChI=1S/C31H37Cl2N3O4S/c1-5-7-18-34-31(38)29(6-2)35(20-24-12-17-27(32)28(33)19-24)30(37)21-36(25-13-8-22(3)9-14-25)41(39,40)26-15-10-23(4)11-16-26/h8-17,19,29H,5-7,18,20-21H2,1-4H3,(H,34,38). The van der Waals surface area contributed by atoms with Gasteiger partial charge in [-0.1, -0.05) is 84.9 Å². The number of amides is 2. The second kappa shape index (κ2) is 14.7. The smallest absolute Gasteiger partial charge is 0.264 e. The molecule has 10 heteroatoms. The minimum atomic E-state index is -4.12. The Morgan fingerprint density at radius 1 is 0.878 bits per heavy atom. The summed E-state index contributed by atoms with van der Waals surface area (Å²) < 4.78 is 28.9. The van der Waals surface area contributed by atoms with E-state index in [1.54, 1.807) is 54.6 Å². The Balaban J connectivity index is 2.04. The van der Waals surface area contributed by atoms with Gasteiger partial charge >= 0.3 is 0 Å². The van der Waals surface area contributed by atoms with Crippen LogP contribution in [0.3, 0.4) is 0 Å². The predicted octanol–water partition coefficient (Wildman–Crippen LogP) is 6.53. The monoisotopic (exact) mass is 617 g/mol. The predicted molar refractivity (Wildman–Crippen MR) is 166 cm³/mol. The summed E-state index contributed by atoms with van der Waals surface area (Å²) in [6, 6.07) is 17.6. The highest BCUT2D eigenvalue weighted by molar-refractivity contribution is 7.92. The highest BCUT2D eigenvalue weighted by Gasteiger charge is 2.33. The topological polar surface area (TPSA) is 86.8 Å². The number of carbonyl (C=O) groups excluding carboxylic acids is 2. The molecular weight excluding hydrogens is 581 g/mol. The van der Waals surface area contributed by atoms with Crippen LogP contribution in [0.2, 0.25) is 10.0 Å². The van der Waals surface area contributed by atoms with E-state index in [0.717, 1.165) is 28.3 Å². The first kappa shape index (κ1) is 32.4. The van der Waals surface area contributed by atoms with Gasteiger partial charge in [-0.05, 0) is 68.7 Å². The van der Waals surface area contributed by atoms with Crippen LogP contribution in [0.25, 0.3) is 0 Å². The van der Waals surface area contributed by atoms with Crippen LogP contribution in [0.5, 0.6) is 0 Å². The normalized spacial score (nSPS) is 12.0. The summed E-state index contributed by atoms with van der Waals surface area (Å²) in [4.78, 5) is 28.9. The minimum absolute atomic E-state index is 0.0434. The fourth-order valence-electron chi connectivity index (χ4n) is 4.34. The number of rotatable bonds is 13. The van der Waals surface area contributed by atoms with Crippen molar-refractivity contribution >= 4 is 50.7 Å². The molecule has 0 aromatic heterocycles. The van der Waals surface area contributed by atoms with Crippen molar-refractivity contribution in [2.45, 2.75) is 64.4 Å². The number of sulfonamides is 1. The van der Waals surface area contributed by atoms with Gasteiger partial charge in [-0.25, -0.2) is 8.42 Å². The first-order valence-electron chi connectivity index (χ1n) is 13.6. The zero-order chi connectivity index (χ0) is 30.2. The van der Waals surface area contributed by atoms with E-state index in [4.69, 9.17) is 23.2 Å². The van der Waals surface area contributed by atoms with Gasteiger partial charge in [-0.3, -0.25) is 13.9 Å². The first-order chi connectivity index (χ1) is 19.5. The number of carbonyl (C=O) groups is 2. The summed E-state index contributed by atoms with van der Waals surface area (Å²) in [6.45, 7) is 7.64. The molecule has 0 aliphatic carbocycles. The number of aryl methyl sites for hydroxylation is 2. The third-order valence-electron chi connectivity index (χ3n) is 6.76. The molecule has 0 saturated carbocycles. The van der Waals surface area contributed by atoms with Gasteiger partial charge < -0.3 is 10.2 Å². The number of unbranched alkanes of at least 4 members (excludes halogenated alkanes) is 1. The summed E-state index contributed by atoms with van der Waals surface area (Å²) >= 11 is 12.4. The van der Waals surface area contributed by atoms with Crippen LogP contribution < -0.4 is 9.62 Å². The quantitative estimate of drug-likeness (QED) is 0.221.